The fraction of sp³-hybridized carbons (Fsp3) is 0.316. The number of rotatable bonds is 3. The molecule has 124 valence electrons. The first-order valence-corrected chi connectivity index (χ1v) is 8.07. The first-order valence-electron chi connectivity index (χ1n) is 8.07. The predicted molar refractivity (Wildman–Crippen MR) is 86.5 cm³/mol. The maximum absolute atomic E-state index is 13.5. The number of halogens is 2. The Bertz CT molecular complexity index is 782. The van der Waals surface area contributed by atoms with Gasteiger partial charge in [0.25, 0.3) is 5.91 Å². The Morgan fingerprint density at radius 3 is 2.46 bits per heavy atom. The Balaban J connectivity index is 1.73. The van der Waals surface area contributed by atoms with Gasteiger partial charge in [-0.2, -0.15) is 0 Å². The van der Waals surface area contributed by atoms with Gasteiger partial charge in [0.05, 0.1) is 6.61 Å². The number of nitrogens with zero attached hydrogens (tertiary/aromatic N) is 1. The lowest BCUT2D eigenvalue weighted by Gasteiger charge is -2.22. The van der Waals surface area contributed by atoms with Crippen molar-refractivity contribution in [3.63, 3.8) is 0 Å². The largest absolute Gasteiger partial charge is 0.367 e. The minimum absolute atomic E-state index is 0.0369. The van der Waals surface area contributed by atoms with E-state index in [0.717, 1.165) is 30.2 Å². The first kappa shape index (κ1) is 15.3. The summed E-state index contributed by atoms with van der Waals surface area (Å²) in [6.45, 7) is 1.09. The van der Waals surface area contributed by atoms with E-state index in [1.54, 1.807) is 11.0 Å². The lowest BCUT2D eigenvalue weighted by Crippen LogP contribution is -2.34. The van der Waals surface area contributed by atoms with Crippen LogP contribution < -0.4 is 4.90 Å². The molecule has 1 heterocycles. The van der Waals surface area contributed by atoms with Crippen LogP contribution in [0.15, 0.2) is 36.4 Å². The SMILES string of the molecule is O=C1COCc2cc(-c3cc(F)cc(F)c3)ccc2N1CC1CC1. The summed E-state index contributed by atoms with van der Waals surface area (Å²) in [6.07, 6.45) is 2.31. The molecule has 1 saturated carbocycles. The zero-order chi connectivity index (χ0) is 16.7. The number of carbonyl (C=O) groups is 1. The summed E-state index contributed by atoms with van der Waals surface area (Å²) < 4.78 is 32.4. The second-order valence-corrected chi connectivity index (χ2v) is 6.44. The number of hydrogen-bond donors (Lipinski definition) is 0. The van der Waals surface area contributed by atoms with E-state index in [9.17, 15) is 13.6 Å². The Hall–Kier alpha value is -2.27. The van der Waals surface area contributed by atoms with E-state index in [2.05, 4.69) is 0 Å². The average Bonchev–Trinajstić information content (AvgIpc) is 3.36. The normalized spacial score (nSPS) is 17.6. The van der Waals surface area contributed by atoms with Crippen LogP contribution in [0.25, 0.3) is 11.1 Å². The monoisotopic (exact) mass is 329 g/mol. The molecule has 5 heteroatoms. The van der Waals surface area contributed by atoms with Crippen LogP contribution >= 0.6 is 0 Å². The number of amides is 1. The number of carbonyl (C=O) groups excluding carboxylic acids is 1. The van der Waals surface area contributed by atoms with Crippen LogP contribution in [0.5, 0.6) is 0 Å². The Labute approximate surface area is 138 Å². The highest BCUT2D eigenvalue weighted by atomic mass is 19.1. The van der Waals surface area contributed by atoms with E-state index in [-0.39, 0.29) is 12.5 Å². The Morgan fingerprint density at radius 1 is 1.00 bits per heavy atom. The molecule has 0 N–H and O–H groups in total. The number of fused-ring (bicyclic) bond motifs is 1. The molecular formula is C19H17F2NO2. The van der Waals surface area contributed by atoms with Crippen LogP contribution in [0.3, 0.4) is 0 Å². The molecule has 1 aliphatic carbocycles. The van der Waals surface area contributed by atoms with Gasteiger partial charge in [-0.1, -0.05) is 6.07 Å². The van der Waals surface area contributed by atoms with Crippen molar-refractivity contribution >= 4 is 11.6 Å². The molecule has 24 heavy (non-hydrogen) atoms. The molecule has 1 fully saturated rings. The molecule has 0 spiro atoms. The van der Waals surface area contributed by atoms with Crippen LogP contribution in [0.2, 0.25) is 0 Å². The van der Waals surface area contributed by atoms with E-state index in [1.165, 1.54) is 12.1 Å². The van der Waals surface area contributed by atoms with E-state index < -0.39 is 11.6 Å². The van der Waals surface area contributed by atoms with Gasteiger partial charge in [-0.25, -0.2) is 8.78 Å². The van der Waals surface area contributed by atoms with Gasteiger partial charge in [0, 0.05) is 23.9 Å². The summed E-state index contributed by atoms with van der Waals surface area (Å²) in [5.41, 5.74) is 2.88. The quantitative estimate of drug-likeness (QED) is 0.854. The number of benzene rings is 2. The van der Waals surface area contributed by atoms with Crippen molar-refractivity contribution < 1.29 is 18.3 Å². The average molecular weight is 329 g/mol. The van der Waals surface area contributed by atoms with Gasteiger partial charge in [0.15, 0.2) is 0 Å². The molecule has 0 atom stereocenters. The molecule has 2 aromatic rings. The maximum atomic E-state index is 13.5. The second kappa shape index (κ2) is 5.98. The van der Waals surface area contributed by atoms with Crippen LogP contribution in [0.4, 0.5) is 14.5 Å². The molecule has 1 aliphatic heterocycles. The van der Waals surface area contributed by atoms with Gasteiger partial charge in [-0.05, 0) is 54.2 Å². The molecule has 0 radical (unpaired) electrons. The van der Waals surface area contributed by atoms with Gasteiger partial charge in [-0.3, -0.25) is 4.79 Å². The third-order valence-electron chi connectivity index (χ3n) is 4.49. The highest BCUT2D eigenvalue weighted by molar-refractivity contribution is 5.96. The van der Waals surface area contributed by atoms with Gasteiger partial charge in [-0.15, -0.1) is 0 Å². The highest BCUT2D eigenvalue weighted by Crippen LogP contribution is 2.35. The van der Waals surface area contributed by atoms with E-state index >= 15 is 0 Å². The molecule has 0 unspecified atom stereocenters. The number of ether oxygens (including phenoxy) is 1. The Kier molecular flexibility index (Phi) is 3.81. The van der Waals surface area contributed by atoms with Crippen molar-refractivity contribution in [3.05, 3.63) is 53.6 Å². The fourth-order valence-corrected chi connectivity index (χ4v) is 3.08. The summed E-state index contributed by atoms with van der Waals surface area (Å²) in [6, 6.07) is 8.95. The van der Waals surface area contributed by atoms with Crippen LogP contribution in [0.1, 0.15) is 18.4 Å². The summed E-state index contributed by atoms with van der Waals surface area (Å²) in [5.74, 6) is -0.689. The summed E-state index contributed by atoms with van der Waals surface area (Å²) in [5, 5.41) is 0. The van der Waals surface area contributed by atoms with Crippen LogP contribution in [-0.4, -0.2) is 19.1 Å². The van der Waals surface area contributed by atoms with Crippen molar-refractivity contribution in [2.24, 2.45) is 5.92 Å². The topological polar surface area (TPSA) is 29.5 Å². The number of hydrogen-bond acceptors (Lipinski definition) is 2. The van der Waals surface area contributed by atoms with Crippen LogP contribution in [0, 0.1) is 17.6 Å². The molecule has 4 rings (SSSR count). The van der Waals surface area contributed by atoms with E-state index in [0.29, 0.717) is 30.2 Å². The second-order valence-electron chi connectivity index (χ2n) is 6.44. The first-order chi connectivity index (χ1) is 11.6. The minimum atomic E-state index is -0.610. The minimum Gasteiger partial charge on any atom is -0.367 e. The summed E-state index contributed by atoms with van der Waals surface area (Å²) >= 11 is 0. The van der Waals surface area contributed by atoms with Gasteiger partial charge in [0.1, 0.15) is 18.2 Å². The van der Waals surface area contributed by atoms with Crippen molar-refractivity contribution in [3.8, 4) is 11.1 Å². The molecule has 3 nitrogen and oxygen atoms in total. The third kappa shape index (κ3) is 3.04. The molecule has 2 aliphatic rings. The molecule has 0 bridgehead atoms. The van der Waals surface area contributed by atoms with E-state index in [1.807, 2.05) is 12.1 Å². The zero-order valence-corrected chi connectivity index (χ0v) is 13.1. The molecular weight excluding hydrogens is 312 g/mol. The van der Waals surface area contributed by atoms with Crippen molar-refractivity contribution in [1.29, 1.82) is 0 Å². The van der Waals surface area contributed by atoms with Gasteiger partial charge in [0.2, 0.25) is 0 Å². The summed E-state index contributed by atoms with van der Waals surface area (Å²) in [7, 11) is 0. The van der Waals surface area contributed by atoms with Crippen LogP contribution in [-0.2, 0) is 16.1 Å². The Morgan fingerprint density at radius 2 is 1.75 bits per heavy atom. The van der Waals surface area contributed by atoms with Gasteiger partial charge < -0.3 is 9.64 Å². The number of anilines is 1. The molecule has 2 aromatic carbocycles. The predicted octanol–water partition coefficient (Wildman–Crippen LogP) is 3.91. The zero-order valence-electron chi connectivity index (χ0n) is 13.1. The maximum Gasteiger partial charge on any atom is 0.253 e. The summed E-state index contributed by atoms with van der Waals surface area (Å²) in [4.78, 5) is 14.1. The van der Waals surface area contributed by atoms with Crippen molar-refractivity contribution in [1.82, 2.24) is 0 Å². The molecule has 0 aromatic heterocycles. The third-order valence-corrected chi connectivity index (χ3v) is 4.49. The lowest BCUT2D eigenvalue weighted by atomic mass is 10.0. The smallest absolute Gasteiger partial charge is 0.253 e. The molecule has 0 saturated heterocycles. The van der Waals surface area contributed by atoms with Crippen molar-refractivity contribution in [2.75, 3.05) is 18.1 Å². The molecule has 1 amide bonds. The highest BCUT2D eigenvalue weighted by Gasteiger charge is 2.30. The fourth-order valence-electron chi connectivity index (χ4n) is 3.08. The van der Waals surface area contributed by atoms with E-state index in [4.69, 9.17) is 4.74 Å². The van der Waals surface area contributed by atoms with Crippen molar-refractivity contribution in [2.45, 2.75) is 19.4 Å². The van der Waals surface area contributed by atoms with Gasteiger partial charge >= 0.3 is 0 Å². The standard InChI is InChI=1S/C19H17F2NO2/c20-16-6-14(7-17(21)8-16)13-3-4-18-15(5-13)10-24-11-19(23)22(18)9-12-1-2-12/h3-8,12H,1-2,9-11H2. The lowest BCUT2D eigenvalue weighted by molar-refractivity contribution is -0.123.